The van der Waals surface area contributed by atoms with E-state index in [1.165, 1.54) is 30.3 Å². The molecular formula is C20H18F4N2O2. The van der Waals surface area contributed by atoms with Crippen LogP contribution in [0.4, 0.5) is 17.6 Å². The van der Waals surface area contributed by atoms with Crippen LogP contribution in [0.15, 0.2) is 53.7 Å². The molecule has 0 spiro atoms. The molecule has 28 heavy (non-hydrogen) atoms. The van der Waals surface area contributed by atoms with Gasteiger partial charge in [0.15, 0.2) is 0 Å². The number of amides is 1. The Bertz CT molecular complexity index is 863. The minimum atomic E-state index is -4.43. The van der Waals surface area contributed by atoms with Crippen molar-refractivity contribution in [2.24, 2.45) is 5.16 Å². The Labute approximate surface area is 159 Å². The average molecular weight is 394 g/mol. The molecule has 1 N–H and O–H groups in total. The Kier molecular flexibility index (Phi) is 5.96. The van der Waals surface area contributed by atoms with Crippen molar-refractivity contribution in [1.29, 1.82) is 0 Å². The van der Waals surface area contributed by atoms with Gasteiger partial charge in [-0.25, -0.2) is 4.39 Å². The maximum atomic E-state index is 13.0. The molecule has 1 unspecified atom stereocenters. The molecule has 0 bridgehead atoms. The van der Waals surface area contributed by atoms with Gasteiger partial charge >= 0.3 is 6.18 Å². The minimum absolute atomic E-state index is 0.0530. The SMILES string of the molecule is O=C(NCCc1ccccc1C(F)(F)F)C1CC(Cc2ccc(F)cc2)=NO1. The van der Waals surface area contributed by atoms with Gasteiger partial charge in [-0.1, -0.05) is 35.5 Å². The molecule has 2 aromatic rings. The monoisotopic (exact) mass is 394 g/mol. The van der Waals surface area contributed by atoms with Gasteiger partial charge in [-0.05, 0) is 35.7 Å². The summed E-state index contributed by atoms with van der Waals surface area (Å²) in [5.74, 6) is -0.764. The molecule has 148 valence electrons. The first-order chi connectivity index (χ1) is 13.3. The van der Waals surface area contributed by atoms with Gasteiger partial charge in [0.2, 0.25) is 6.10 Å². The Morgan fingerprint density at radius 3 is 2.57 bits per heavy atom. The van der Waals surface area contributed by atoms with Crippen LogP contribution in [0.3, 0.4) is 0 Å². The standard InChI is InChI=1S/C20H18F4N2O2/c21-15-7-5-13(6-8-15)11-16-12-18(28-26-16)19(27)25-10-9-14-3-1-2-4-17(14)20(22,23)24/h1-8,18H,9-12H2,(H,25,27). The smallest absolute Gasteiger partial charge is 0.382 e. The van der Waals surface area contributed by atoms with E-state index in [-0.39, 0.29) is 30.8 Å². The number of nitrogens with one attached hydrogen (secondary N) is 1. The van der Waals surface area contributed by atoms with Gasteiger partial charge in [0.05, 0.1) is 11.3 Å². The zero-order chi connectivity index (χ0) is 20.1. The molecule has 0 fully saturated rings. The van der Waals surface area contributed by atoms with Gasteiger partial charge in [0.1, 0.15) is 5.82 Å². The Hall–Kier alpha value is -2.90. The minimum Gasteiger partial charge on any atom is -0.382 e. The average Bonchev–Trinajstić information content (AvgIpc) is 3.12. The molecule has 8 heteroatoms. The second-order valence-corrected chi connectivity index (χ2v) is 6.45. The second-order valence-electron chi connectivity index (χ2n) is 6.45. The topological polar surface area (TPSA) is 50.7 Å². The fourth-order valence-electron chi connectivity index (χ4n) is 2.96. The zero-order valence-electron chi connectivity index (χ0n) is 14.8. The molecule has 0 saturated heterocycles. The van der Waals surface area contributed by atoms with Crippen molar-refractivity contribution in [3.8, 4) is 0 Å². The van der Waals surface area contributed by atoms with Crippen LogP contribution in [0.2, 0.25) is 0 Å². The summed E-state index contributed by atoms with van der Waals surface area (Å²) in [6.07, 6.45) is -4.48. The van der Waals surface area contributed by atoms with Crippen molar-refractivity contribution < 1.29 is 27.2 Å². The summed E-state index contributed by atoms with van der Waals surface area (Å²) in [5.41, 5.74) is 0.907. The predicted molar refractivity (Wildman–Crippen MR) is 95.2 cm³/mol. The van der Waals surface area contributed by atoms with Crippen LogP contribution in [0.5, 0.6) is 0 Å². The second kappa shape index (κ2) is 8.41. The van der Waals surface area contributed by atoms with Crippen LogP contribution in [0.25, 0.3) is 0 Å². The molecule has 1 aliphatic heterocycles. The van der Waals surface area contributed by atoms with Gasteiger partial charge in [-0.3, -0.25) is 4.79 Å². The number of nitrogens with zero attached hydrogens (tertiary/aromatic N) is 1. The van der Waals surface area contributed by atoms with Crippen molar-refractivity contribution in [3.05, 3.63) is 71.0 Å². The molecule has 0 aromatic heterocycles. The lowest BCUT2D eigenvalue weighted by Crippen LogP contribution is -2.36. The fourth-order valence-corrected chi connectivity index (χ4v) is 2.96. The van der Waals surface area contributed by atoms with Crippen molar-refractivity contribution >= 4 is 11.6 Å². The number of alkyl halides is 3. The predicted octanol–water partition coefficient (Wildman–Crippen LogP) is 3.89. The summed E-state index contributed by atoms with van der Waals surface area (Å²) in [6.45, 7) is 0.0546. The van der Waals surface area contributed by atoms with E-state index in [2.05, 4.69) is 10.5 Å². The van der Waals surface area contributed by atoms with Gasteiger partial charge in [-0.2, -0.15) is 13.2 Å². The van der Waals surface area contributed by atoms with Crippen molar-refractivity contribution in [1.82, 2.24) is 5.32 Å². The number of rotatable bonds is 6. The van der Waals surface area contributed by atoms with E-state index in [9.17, 15) is 22.4 Å². The summed E-state index contributed by atoms with van der Waals surface area (Å²) < 4.78 is 51.9. The van der Waals surface area contributed by atoms with Gasteiger partial charge in [0, 0.05) is 19.4 Å². The van der Waals surface area contributed by atoms with Crippen molar-refractivity contribution in [2.45, 2.75) is 31.5 Å². The van der Waals surface area contributed by atoms with E-state index < -0.39 is 23.8 Å². The highest BCUT2D eigenvalue weighted by molar-refractivity contribution is 5.93. The van der Waals surface area contributed by atoms with Gasteiger partial charge < -0.3 is 10.2 Å². The zero-order valence-corrected chi connectivity index (χ0v) is 14.8. The van der Waals surface area contributed by atoms with Gasteiger partial charge in [0.25, 0.3) is 5.91 Å². The lowest BCUT2D eigenvalue weighted by molar-refractivity contribution is -0.138. The first-order valence-corrected chi connectivity index (χ1v) is 8.72. The van der Waals surface area contributed by atoms with E-state index in [1.807, 2.05) is 0 Å². The lowest BCUT2D eigenvalue weighted by atomic mass is 10.0. The molecular weight excluding hydrogens is 376 g/mol. The maximum Gasteiger partial charge on any atom is 0.416 e. The molecule has 0 radical (unpaired) electrons. The number of halogens is 4. The van der Waals surface area contributed by atoms with Crippen LogP contribution in [-0.2, 0) is 28.7 Å². The highest BCUT2D eigenvalue weighted by Gasteiger charge is 2.33. The lowest BCUT2D eigenvalue weighted by Gasteiger charge is -2.13. The third kappa shape index (κ3) is 5.09. The van der Waals surface area contributed by atoms with Gasteiger partial charge in [-0.15, -0.1) is 0 Å². The van der Waals surface area contributed by atoms with Crippen LogP contribution >= 0.6 is 0 Å². The molecule has 2 aromatic carbocycles. The number of benzene rings is 2. The number of carbonyl (C=O) groups is 1. The molecule has 1 amide bonds. The van der Waals surface area contributed by atoms with Crippen LogP contribution in [0, 0.1) is 5.82 Å². The highest BCUT2D eigenvalue weighted by Crippen LogP contribution is 2.31. The van der Waals surface area contributed by atoms with E-state index in [0.717, 1.165) is 11.6 Å². The molecule has 1 aliphatic rings. The molecule has 0 aliphatic carbocycles. The van der Waals surface area contributed by atoms with Crippen LogP contribution < -0.4 is 5.32 Å². The summed E-state index contributed by atoms with van der Waals surface area (Å²) in [7, 11) is 0. The normalized spacial score (nSPS) is 16.4. The summed E-state index contributed by atoms with van der Waals surface area (Å²) in [4.78, 5) is 17.3. The first kappa shape index (κ1) is 19.9. The van der Waals surface area contributed by atoms with Crippen LogP contribution in [-0.4, -0.2) is 24.3 Å². The Morgan fingerprint density at radius 2 is 1.86 bits per heavy atom. The van der Waals surface area contributed by atoms with Crippen molar-refractivity contribution in [2.75, 3.05) is 6.54 Å². The largest absolute Gasteiger partial charge is 0.416 e. The number of hydrogen-bond donors (Lipinski definition) is 1. The molecule has 0 saturated carbocycles. The summed E-state index contributed by atoms with van der Waals surface area (Å²) >= 11 is 0. The quantitative estimate of drug-likeness (QED) is 0.756. The Balaban J connectivity index is 1.47. The molecule has 4 nitrogen and oxygen atoms in total. The number of oxime groups is 1. The van der Waals surface area contributed by atoms with Crippen LogP contribution in [0.1, 0.15) is 23.1 Å². The van der Waals surface area contributed by atoms with E-state index in [0.29, 0.717) is 12.1 Å². The van der Waals surface area contributed by atoms with E-state index in [4.69, 9.17) is 4.84 Å². The maximum absolute atomic E-state index is 13.0. The fraction of sp³-hybridized carbons (Fsp3) is 0.300. The Morgan fingerprint density at radius 1 is 1.14 bits per heavy atom. The number of hydrogen-bond acceptors (Lipinski definition) is 3. The summed E-state index contributed by atoms with van der Waals surface area (Å²) in [6, 6.07) is 11.2. The first-order valence-electron chi connectivity index (χ1n) is 8.72. The molecule has 3 rings (SSSR count). The molecule has 1 heterocycles. The van der Waals surface area contributed by atoms with E-state index >= 15 is 0 Å². The number of carbonyl (C=O) groups excluding carboxylic acids is 1. The molecule has 1 atom stereocenters. The third-order valence-electron chi connectivity index (χ3n) is 4.36. The highest BCUT2D eigenvalue weighted by atomic mass is 19.4. The third-order valence-corrected chi connectivity index (χ3v) is 4.36. The summed E-state index contributed by atoms with van der Waals surface area (Å²) in [5, 5.41) is 6.47. The van der Waals surface area contributed by atoms with Crippen molar-refractivity contribution in [3.63, 3.8) is 0 Å². The van der Waals surface area contributed by atoms with E-state index in [1.54, 1.807) is 12.1 Å².